The Kier molecular flexibility index (Phi) is 1.18. The van der Waals surface area contributed by atoms with E-state index in [2.05, 4.69) is 10.2 Å². The van der Waals surface area contributed by atoms with Crippen molar-refractivity contribution in [2.45, 2.75) is 0 Å². The molecule has 5 heteroatoms. The summed E-state index contributed by atoms with van der Waals surface area (Å²) in [6, 6.07) is 0. The van der Waals surface area contributed by atoms with Gasteiger partial charge in [0.25, 0.3) is 5.56 Å². The lowest BCUT2D eigenvalue weighted by molar-refractivity contribution is 0.794. The average Bonchev–Trinajstić information content (AvgIpc) is 1.83. The second-order valence-electron chi connectivity index (χ2n) is 1.60. The number of nitrogen functional groups attached to an aromatic ring is 1. The molecule has 48 valence electrons. The highest BCUT2D eigenvalue weighted by Crippen LogP contribution is 1.80. The molecule has 0 amide bonds. The third-order valence-corrected chi connectivity index (χ3v) is 1.00. The molecule has 2 N–H and O–H groups in total. The van der Waals surface area contributed by atoms with Gasteiger partial charge in [-0.25, -0.2) is 0 Å². The summed E-state index contributed by atoms with van der Waals surface area (Å²) in [6.07, 6.45) is 1.11. The smallest absolute Gasteiger partial charge is 0.273 e. The van der Waals surface area contributed by atoms with E-state index in [1.165, 1.54) is 11.6 Å². The van der Waals surface area contributed by atoms with Crippen LogP contribution in [0.5, 0.6) is 0 Å². The predicted octanol–water partition coefficient (Wildman–Crippen LogP) is -1.24. The summed E-state index contributed by atoms with van der Waals surface area (Å²) >= 11 is 0. The fourth-order valence-electron chi connectivity index (χ4n) is 0.404. The molecule has 9 heavy (non-hydrogen) atoms. The average molecular weight is 126 g/mol. The van der Waals surface area contributed by atoms with E-state index in [0.29, 0.717) is 0 Å². The van der Waals surface area contributed by atoms with Gasteiger partial charge in [0.05, 0.1) is 0 Å². The minimum absolute atomic E-state index is 0.127. The highest BCUT2D eigenvalue weighted by molar-refractivity contribution is 5.11. The molecule has 0 saturated carbocycles. The Morgan fingerprint density at radius 2 is 2.44 bits per heavy atom. The summed E-state index contributed by atoms with van der Waals surface area (Å²) in [5, 5.41) is 6.77. The summed E-state index contributed by atoms with van der Waals surface area (Å²) < 4.78 is 1.22. The molecule has 0 fully saturated rings. The third kappa shape index (κ3) is 0.883. The number of hydrogen-bond acceptors (Lipinski definition) is 4. The fourth-order valence-corrected chi connectivity index (χ4v) is 0.404. The number of nitrogens with two attached hydrogens (primary N) is 1. The second kappa shape index (κ2) is 1.85. The van der Waals surface area contributed by atoms with Crippen LogP contribution in [0.15, 0.2) is 11.0 Å². The van der Waals surface area contributed by atoms with Crippen molar-refractivity contribution in [2.75, 3.05) is 5.73 Å². The van der Waals surface area contributed by atoms with Gasteiger partial charge in [0, 0.05) is 7.05 Å². The molecular weight excluding hydrogens is 120 g/mol. The lowest BCUT2D eigenvalue weighted by Gasteiger charge is -1.95. The fraction of sp³-hybridized carbons (Fsp3) is 0.250. The standard InChI is InChI=1S/C4H6N4O/c1-8-3(9)2-6-7-4(8)5/h2H,1H3,(H2,5,7). The Bertz CT molecular complexity index is 266. The highest BCUT2D eigenvalue weighted by Gasteiger charge is 1.92. The van der Waals surface area contributed by atoms with Crippen LogP contribution < -0.4 is 11.3 Å². The first-order valence-corrected chi connectivity index (χ1v) is 2.36. The van der Waals surface area contributed by atoms with Crippen LogP contribution in [-0.4, -0.2) is 14.8 Å². The predicted molar refractivity (Wildman–Crippen MR) is 31.7 cm³/mol. The zero-order valence-electron chi connectivity index (χ0n) is 4.90. The summed E-state index contributed by atoms with van der Waals surface area (Å²) in [6.45, 7) is 0. The minimum Gasteiger partial charge on any atom is -0.368 e. The van der Waals surface area contributed by atoms with E-state index in [1.54, 1.807) is 0 Å². The molecule has 0 unspecified atom stereocenters. The molecule has 0 saturated heterocycles. The minimum atomic E-state index is -0.248. The number of aromatic nitrogens is 3. The van der Waals surface area contributed by atoms with Crippen LogP contribution >= 0.6 is 0 Å². The second-order valence-corrected chi connectivity index (χ2v) is 1.60. The topological polar surface area (TPSA) is 73.8 Å². The van der Waals surface area contributed by atoms with E-state index in [0.717, 1.165) is 6.20 Å². The van der Waals surface area contributed by atoms with Gasteiger partial charge >= 0.3 is 0 Å². The Hall–Kier alpha value is -1.39. The monoisotopic (exact) mass is 126 g/mol. The maximum atomic E-state index is 10.6. The molecule has 0 bridgehead atoms. The third-order valence-electron chi connectivity index (χ3n) is 1.00. The van der Waals surface area contributed by atoms with Crippen molar-refractivity contribution in [3.63, 3.8) is 0 Å². The van der Waals surface area contributed by atoms with Crippen molar-refractivity contribution in [1.82, 2.24) is 14.8 Å². The van der Waals surface area contributed by atoms with Gasteiger partial charge in [0.15, 0.2) is 0 Å². The summed E-state index contributed by atoms with van der Waals surface area (Å²) in [7, 11) is 1.53. The molecule has 0 aliphatic carbocycles. The van der Waals surface area contributed by atoms with Gasteiger partial charge in [-0.15, -0.1) is 10.2 Å². The molecule has 1 rings (SSSR count). The van der Waals surface area contributed by atoms with Crippen molar-refractivity contribution in [3.05, 3.63) is 16.6 Å². The summed E-state index contributed by atoms with van der Waals surface area (Å²) in [4.78, 5) is 10.6. The quantitative estimate of drug-likeness (QED) is 0.471. The molecule has 0 aliphatic rings. The van der Waals surface area contributed by atoms with E-state index in [9.17, 15) is 4.79 Å². The number of hydrogen-bond donors (Lipinski definition) is 1. The normalized spacial score (nSPS) is 9.44. The van der Waals surface area contributed by atoms with Gasteiger partial charge in [0.2, 0.25) is 5.95 Å². The van der Waals surface area contributed by atoms with Crippen LogP contribution in [0.1, 0.15) is 0 Å². The largest absolute Gasteiger partial charge is 0.368 e. The first kappa shape index (κ1) is 5.74. The Balaban J connectivity index is 3.43. The first-order valence-electron chi connectivity index (χ1n) is 2.36. The van der Waals surface area contributed by atoms with Crippen LogP contribution in [0, 0.1) is 0 Å². The molecule has 1 heterocycles. The molecular formula is C4H6N4O. The van der Waals surface area contributed by atoms with Crippen molar-refractivity contribution in [3.8, 4) is 0 Å². The SMILES string of the molecule is Cn1c(N)nncc1=O. The van der Waals surface area contributed by atoms with E-state index >= 15 is 0 Å². The van der Waals surface area contributed by atoms with E-state index in [-0.39, 0.29) is 11.5 Å². The Morgan fingerprint density at radius 1 is 1.78 bits per heavy atom. The Labute approximate surface area is 51.1 Å². The maximum Gasteiger partial charge on any atom is 0.273 e. The van der Waals surface area contributed by atoms with Crippen LogP contribution in [0.4, 0.5) is 5.95 Å². The van der Waals surface area contributed by atoms with Crippen molar-refractivity contribution in [2.24, 2.45) is 7.05 Å². The molecule has 0 aliphatic heterocycles. The Morgan fingerprint density at radius 3 is 2.89 bits per heavy atom. The first-order chi connectivity index (χ1) is 4.22. The van der Waals surface area contributed by atoms with Crippen molar-refractivity contribution >= 4 is 5.95 Å². The summed E-state index contributed by atoms with van der Waals surface area (Å²) in [5.41, 5.74) is 4.96. The van der Waals surface area contributed by atoms with Crippen LogP contribution in [0.2, 0.25) is 0 Å². The van der Waals surface area contributed by atoms with Gasteiger partial charge in [-0.05, 0) is 0 Å². The van der Waals surface area contributed by atoms with Crippen molar-refractivity contribution in [1.29, 1.82) is 0 Å². The van der Waals surface area contributed by atoms with Crippen LogP contribution in [-0.2, 0) is 7.05 Å². The molecule has 1 aromatic rings. The molecule has 0 aromatic carbocycles. The van der Waals surface area contributed by atoms with E-state index in [1.807, 2.05) is 0 Å². The number of rotatable bonds is 0. The number of anilines is 1. The number of nitrogens with zero attached hydrogens (tertiary/aromatic N) is 3. The van der Waals surface area contributed by atoms with Crippen molar-refractivity contribution < 1.29 is 0 Å². The van der Waals surface area contributed by atoms with Gasteiger partial charge in [0.1, 0.15) is 6.20 Å². The van der Waals surface area contributed by atoms with E-state index < -0.39 is 0 Å². The summed E-state index contributed by atoms with van der Waals surface area (Å²) in [5.74, 6) is 0.127. The van der Waals surface area contributed by atoms with Gasteiger partial charge in [-0.3, -0.25) is 9.36 Å². The maximum absolute atomic E-state index is 10.6. The zero-order chi connectivity index (χ0) is 6.85. The molecule has 0 spiro atoms. The van der Waals surface area contributed by atoms with Gasteiger partial charge in [-0.1, -0.05) is 0 Å². The molecule has 5 nitrogen and oxygen atoms in total. The van der Waals surface area contributed by atoms with E-state index in [4.69, 9.17) is 5.73 Å². The lowest BCUT2D eigenvalue weighted by Crippen LogP contribution is -2.20. The molecule has 0 radical (unpaired) electrons. The highest BCUT2D eigenvalue weighted by atomic mass is 16.1. The molecule has 1 aromatic heterocycles. The van der Waals surface area contributed by atoms with Crippen LogP contribution in [0.25, 0.3) is 0 Å². The van der Waals surface area contributed by atoms with Gasteiger partial charge in [-0.2, -0.15) is 0 Å². The lowest BCUT2D eigenvalue weighted by atomic mass is 10.8. The zero-order valence-corrected chi connectivity index (χ0v) is 4.90. The van der Waals surface area contributed by atoms with Crippen LogP contribution in [0.3, 0.4) is 0 Å². The van der Waals surface area contributed by atoms with Gasteiger partial charge < -0.3 is 5.73 Å². The molecule has 0 atom stereocenters.